The minimum Gasteiger partial charge on any atom is -0.507 e. The van der Waals surface area contributed by atoms with Gasteiger partial charge in [0.25, 0.3) is 0 Å². The molecule has 3 nitrogen and oxygen atoms in total. The van der Waals surface area contributed by atoms with Gasteiger partial charge >= 0.3 is 6.18 Å². The molecule has 0 spiro atoms. The molecule has 0 saturated heterocycles. The van der Waals surface area contributed by atoms with Crippen molar-refractivity contribution in [3.8, 4) is 5.75 Å². The SMILES string of the molecule is CN=C(N)c1c(C)cc(C(F)(F)F)cc1O. The van der Waals surface area contributed by atoms with Gasteiger partial charge in [0.2, 0.25) is 0 Å². The number of nitrogens with two attached hydrogens (primary N) is 1. The number of nitrogens with zero attached hydrogens (tertiary/aromatic N) is 1. The number of rotatable bonds is 1. The van der Waals surface area contributed by atoms with Crippen molar-refractivity contribution in [3.05, 3.63) is 28.8 Å². The smallest absolute Gasteiger partial charge is 0.416 e. The third-order valence-electron chi connectivity index (χ3n) is 2.14. The van der Waals surface area contributed by atoms with E-state index in [0.717, 1.165) is 6.07 Å². The number of halogens is 3. The number of phenolic OH excluding ortho intramolecular Hbond substituents is 1. The lowest BCUT2D eigenvalue weighted by molar-refractivity contribution is -0.137. The Hall–Kier alpha value is -1.72. The average Bonchev–Trinajstić information content (AvgIpc) is 2.14. The maximum atomic E-state index is 12.4. The first-order chi connectivity index (χ1) is 7.27. The third-order valence-corrected chi connectivity index (χ3v) is 2.14. The molecule has 0 atom stereocenters. The van der Waals surface area contributed by atoms with E-state index in [1.807, 2.05) is 0 Å². The Morgan fingerprint density at radius 3 is 2.31 bits per heavy atom. The molecule has 0 fully saturated rings. The summed E-state index contributed by atoms with van der Waals surface area (Å²) < 4.78 is 37.2. The van der Waals surface area contributed by atoms with Crippen LogP contribution in [-0.4, -0.2) is 18.0 Å². The predicted molar refractivity (Wildman–Crippen MR) is 54.5 cm³/mol. The number of aliphatic imine (C=N–C) groups is 1. The molecule has 88 valence electrons. The molecule has 0 saturated carbocycles. The number of alkyl halides is 3. The Bertz CT molecular complexity index is 415. The van der Waals surface area contributed by atoms with Crippen LogP contribution in [0, 0.1) is 6.92 Å². The average molecular weight is 232 g/mol. The third kappa shape index (κ3) is 2.26. The van der Waals surface area contributed by atoms with E-state index in [9.17, 15) is 18.3 Å². The van der Waals surface area contributed by atoms with E-state index < -0.39 is 17.5 Å². The summed E-state index contributed by atoms with van der Waals surface area (Å²) in [5.74, 6) is -0.515. The standard InChI is InChI=1S/C10H11F3N2O/c1-5-3-6(10(11,12)13)4-7(16)8(5)9(14)15-2/h3-4,16H,1-2H3,(H2,14,15). The van der Waals surface area contributed by atoms with Crippen molar-refractivity contribution in [1.29, 1.82) is 0 Å². The van der Waals surface area contributed by atoms with E-state index in [0.29, 0.717) is 6.07 Å². The van der Waals surface area contributed by atoms with E-state index in [1.54, 1.807) is 0 Å². The fraction of sp³-hybridized carbons (Fsp3) is 0.300. The molecule has 0 heterocycles. The topological polar surface area (TPSA) is 58.6 Å². The van der Waals surface area contributed by atoms with Crippen molar-refractivity contribution in [3.63, 3.8) is 0 Å². The van der Waals surface area contributed by atoms with Gasteiger partial charge in [-0.05, 0) is 24.6 Å². The van der Waals surface area contributed by atoms with E-state index in [4.69, 9.17) is 5.73 Å². The van der Waals surface area contributed by atoms with Crippen LogP contribution >= 0.6 is 0 Å². The van der Waals surface area contributed by atoms with Gasteiger partial charge in [-0.2, -0.15) is 13.2 Å². The number of hydrogen-bond acceptors (Lipinski definition) is 2. The highest BCUT2D eigenvalue weighted by Gasteiger charge is 2.32. The van der Waals surface area contributed by atoms with E-state index in [1.165, 1.54) is 14.0 Å². The molecule has 0 aliphatic heterocycles. The van der Waals surface area contributed by atoms with Gasteiger partial charge in [-0.1, -0.05) is 0 Å². The first-order valence-electron chi connectivity index (χ1n) is 4.40. The first-order valence-corrected chi connectivity index (χ1v) is 4.40. The fourth-order valence-corrected chi connectivity index (χ4v) is 1.38. The molecule has 0 aromatic heterocycles. The number of aromatic hydroxyl groups is 1. The van der Waals surface area contributed by atoms with E-state index in [-0.39, 0.29) is 17.0 Å². The summed E-state index contributed by atoms with van der Waals surface area (Å²) in [6.07, 6.45) is -4.49. The molecular weight excluding hydrogens is 221 g/mol. The van der Waals surface area contributed by atoms with Crippen LogP contribution in [0.1, 0.15) is 16.7 Å². The number of aryl methyl sites for hydroxylation is 1. The highest BCUT2D eigenvalue weighted by molar-refractivity contribution is 6.01. The summed E-state index contributed by atoms with van der Waals surface area (Å²) in [6, 6.07) is 1.56. The second-order valence-corrected chi connectivity index (χ2v) is 3.29. The van der Waals surface area contributed by atoms with Gasteiger partial charge in [-0.3, -0.25) is 4.99 Å². The lowest BCUT2D eigenvalue weighted by Crippen LogP contribution is -2.16. The maximum Gasteiger partial charge on any atom is 0.416 e. The predicted octanol–water partition coefficient (Wildman–Crippen LogP) is 2.05. The number of hydrogen-bond donors (Lipinski definition) is 2. The Balaban J connectivity index is 3.40. The Morgan fingerprint density at radius 2 is 1.94 bits per heavy atom. The zero-order valence-electron chi connectivity index (χ0n) is 8.76. The molecule has 1 aromatic carbocycles. The van der Waals surface area contributed by atoms with Crippen LogP contribution in [0.4, 0.5) is 13.2 Å². The van der Waals surface area contributed by atoms with Crippen molar-refractivity contribution in [2.45, 2.75) is 13.1 Å². The van der Waals surface area contributed by atoms with Crippen molar-refractivity contribution in [2.24, 2.45) is 10.7 Å². The van der Waals surface area contributed by atoms with Crippen LogP contribution < -0.4 is 5.73 Å². The van der Waals surface area contributed by atoms with E-state index in [2.05, 4.69) is 4.99 Å². The van der Waals surface area contributed by atoms with Gasteiger partial charge in [-0.25, -0.2) is 0 Å². The molecule has 6 heteroatoms. The van der Waals surface area contributed by atoms with E-state index >= 15 is 0 Å². The zero-order valence-corrected chi connectivity index (χ0v) is 8.76. The molecule has 0 amide bonds. The maximum absolute atomic E-state index is 12.4. The fourth-order valence-electron chi connectivity index (χ4n) is 1.38. The highest BCUT2D eigenvalue weighted by Crippen LogP contribution is 2.34. The zero-order chi connectivity index (χ0) is 12.5. The van der Waals surface area contributed by atoms with Gasteiger partial charge in [0, 0.05) is 7.05 Å². The summed E-state index contributed by atoms with van der Waals surface area (Å²) in [4.78, 5) is 3.63. The molecule has 0 unspecified atom stereocenters. The largest absolute Gasteiger partial charge is 0.507 e. The van der Waals surface area contributed by atoms with Crippen molar-refractivity contribution in [1.82, 2.24) is 0 Å². The van der Waals surface area contributed by atoms with Crippen molar-refractivity contribution in [2.75, 3.05) is 7.05 Å². The van der Waals surface area contributed by atoms with Crippen LogP contribution in [0.25, 0.3) is 0 Å². The summed E-state index contributed by atoms with van der Waals surface area (Å²) in [6.45, 7) is 1.43. The van der Waals surface area contributed by atoms with Gasteiger partial charge in [-0.15, -0.1) is 0 Å². The first kappa shape index (κ1) is 12.4. The van der Waals surface area contributed by atoms with Gasteiger partial charge in [0.1, 0.15) is 11.6 Å². The number of phenols is 1. The number of amidine groups is 1. The monoisotopic (exact) mass is 232 g/mol. The molecule has 0 aliphatic carbocycles. The Kier molecular flexibility index (Phi) is 3.11. The Labute approximate surface area is 90.4 Å². The van der Waals surface area contributed by atoms with Crippen molar-refractivity contribution < 1.29 is 18.3 Å². The van der Waals surface area contributed by atoms with Crippen LogP contribution in [-0.2, 0) is 6.18 Å². The summed E-state index contributed by atoms with van der Waals surface area (Å²) in [7, 11) is 1.39. The molecule has 16 heavy (non-hydrogen) atoms. The van der Waals surface area contributed by atoms with Crippen LogP contribution in [0.2, 0.25) is 0 Å². The molecular formula is C10H11F3N2O. The Morgan fingerprint density at radius 1 is 1.38 bits per heavy atom. The molecule has 1 aromatic rings. The van der Waals surface area contributed by atoms with Crippen LogP contribution in [0.15, 0.2) is 17.1 Å². The molecule has 3 N–H and O–H groups in total. The molecule has 0 aliphatic rings. The quantitative estimate of drug-likeness (QED) is 0.575. The normalized spacial score (nSPS) is 12.9. The second kappa shape index (κ2) is 4.03. The van der Waals surface area contributed by atoms with Crippen molar-refractivity contribution >= 4 is 5.84 Å². The summed E-state index contributed by atoms with van der Waals surface area (Å²) in [5, 5.41) is 9.48. The number of benzene rings is 1. The minimum atomic E-state index is -4.49. The van der Waals surface area contributed by atoms with Gasteiger partial charge in [0.05, 0.1) is 11.1 Å². The van der Waals surface area contributed by atoms with Gasteiger partial charge < -0.3 is 10.8 Å². The summed E-state index contributed by atoms with van der Waals surface area (Å²) >= 11 is 0. The molecule has 1 rings (SSSR count). The lowest BCUT2D eigenvalue weighted by atomic mass is 10.0. The highest BCUT2D eigenvalue weighted by atomic mass is 19.4. The summed E-state index contributed by atoms with van der Waals surface area (Å²) in [5.41, 5.74) is 4.92. The lowest BCUT2D eigenvalue weighted by Gasteiger charge is -2.12. The van der Waals surface area contributed by atoms with Crippen LogP contribution in [0.5, 0.6) is 5.75 Å². The molecule has 0 radical (unpaired) electrons. The minimum absolute atomic E-state index is 0.00345. The molecule has 0 bridgehead atoms. The van der Waals surface area contributed by atoms with Gasteiger partial charge in [0.15, 0.2) is 0 Å². The second-order valence-electron chi connectivity index (χ2n) is 3.29. The van der Waals surface area contributed by atoms with Crippen LogP contribution in [0.3, 0.4) is 0 Å².